The fourth-order valence-electron chi connectivity index (χ4n) is 3.52. The molecule has 9 heteroatoms. The van der Waals surface area contributed by atoms with Crippen molar-refractivity contribution in [2.45, 2.75) is 97.9 Å². The molecule has 1 aromatic carbocycles. The first-order valence-electron chi connectivity index (χ1n) is 12.0. The van der Waals surface area contributed by atoms with Crippen molar-refractivity contribution in [3.05, 3.63) is 35.4 Å². The summed E-state index contributed by atoms with van der Waals surface area (Å²) in [6, 6.07) is 5.04. The van der Waals surface area contributed by atoms with Gasteiger partial charge in [0.15, 0.2) is 0 Å². The van der Waals surface area contributed by atoms with Crippen LogP contribution in [-0.4, -0.2) is 52.4 Å². The van der Waals surface area contributed by atoms with E-state index >= 15 is 0 Å². The Kier molecular flexibility index (Phi) is 10.7. The Labute approximate surface area is 209 Å². The number of nitrogens with zero attached hydrogens (tertiary/aromatic N) is 1. The maximum atomic E-state index is 13.9. The van der Waals surface area contributed by atoms with Gasteiger partial charge in [0, 0.05) is 12.1 Å². The molecule has 0 saturated carbocycles. The number of rotatable bonds is 10. The van der Waals surface area contributed by atoms with Crippen LogP contribution in [0.2, 0.25) is 0 Å². The third-order valence-electron chi connectivity index (χ3n) is 5.08. The Morgan fingerprint density at radius 1 is 1.03 bits per heavy atom. The number of primary amides is 1. The van der Waals surface area contributed by atoms with Gasteiger partial charge in [-0.05, 0) is 60.5 Å². The molecule has 4 amide bonds. The number of alkyl carbamates (subject to hydrolysis) is 1. The lowest BCUT2D eigenvalue weighted by Gasteiger charge is -2.43. The Morgan fingerprint density at radius 2 is 1.60 bits per heavy atom. The summed E-state index contributed by atoms with van der Waals surface area (Å²) in [5, 5.41) is 5.40. The SMILES string of the molecule is CCCCNC(=O)C(c1ccc(C)cc1)N(C(=O)C(CC(N)=O)NC(=O)OC(C)(C)C)C(C)(C)C. The predicted octanol–water partition coefficient (Wildman–Crippen LogP) is 3.35. The number of aryl methyl sites for hydroxylation is 1. The molecule has 0 saturated heterocycles. The topological polar surface area (TPSA) is 131 Å². The summed E-state index contributed by atoms with van der Waals surface area (Å²) in [7, 11) is 0. The van der Waals surface area contributed by atoms with Gasteiger partial charge in [-0.25, -0.2) is 4.79 Å². The van der Waals surface area contributed by atoms with E-state index in [9.17, 15) is 19.2 Å². The minimum absolute atomic E-state index is 0.347. The van der Waals surface area contributed by atoms with Crippen molar-refractivity contribution in [1.29, 1.82) is 0 Å². The molecule has 1 aromatic rings. The number of nitrogens with one attached hydrogen (secondary N) is 2. The zero-order chi connectivity index (χ0) is 27.0. The Morgan fingerprint density at radius 3 is 2.06 bits per heavy atom. The summed E-state index contributed by atoms with van der Waals surface area (Å²) in [6.45, 7) is 14.9. The third kappa shape index (κ3) is 9.96. The third-order valence-corrected chi connectivity index (χ3v) is 5.08. The molecule has 0 aliphatic rings. The summed E-state index contributed by atoms with van der Waals surface area (Å²) in [6.07, 6.45) is 0.395. The average Bonchev–Trinajstić information content (AvgIpc) is 2.69. The van der Waals surface area contributed by atoms with Crippen molar-refractivity contribution in [2.24, 2.45) is 5.73 Å². The fourth-order valence-corrected chi connectivity index (χ4v) is 3.52. The van der Waals surface area contributed by atoms with Crippen LogP contribution in [0.4, 0.5) is 4.79 Å². The van der Waals surface area contributed by atoms with Crippen molar-refractivity contribution in [1.82, 2.24) is 15.5 Å². The molecule has 196 valence electrons. The van der Waals surface area contributed by atoms with Gasteiger partial charge in [0.05, 0.1) is 6.42 Å². The van der Waals surface area contributed by atoms with E-state index < -0.39 is 47.6 Å². The van der Waals surface area contributed by atoms with Gasteiger partial charge in [-0.2, -0.15) is 0 Å². The summed E-state index contributed by atoms with van der Waals surface area (Å²) < 4.78 is 5.28. The van der Waals surface area contributed by atoms with Crippen molar-refractivity contribution in [2.75, 3.05) is 6.54 Å². The minimum atomic E-state index is -1.31. The normalized spacial score (nSPS) is 13.4. The molecule has 35 heavy (non-hydrogen) atoms. The first-order chi connectivity index (χ1) is 16.1. The monoisotopic (exact) mass is 490 g/mol. The Balaban J connectivity index is 3.50. The quantitative estimate of drug-likeness (QED) is 0.433. The smallest absolute Gasteiger partial charge is 0.408 e. The van der Waals surface area contributed by atoms with Gasteiger partial charge in [-0.3, -0.25) is 14.4 Å². The number of carbonyl (C=O) groups is 4. The summed E-state index contributed by atoms with van der Waals surface area (Å²) in [4.78, 5) is 53.1. The maximum Gasteiger partial charge on any atom is 0.408 e. The lowest BCUT2D eigenvalue weighted by Crippen LogP contribution is -2.59. The molecule has 0 spiro atoms. The second-order valence-corrected chi connectivity index (χ2v) is 10.7. The molecule has 0 heterocycles. The molecule has 0 aromatic heterocycles. The molecule has 0 aliphatic heterocycles. The summed E-state index contributed by atoms with van der Waals surface area (Å²) >= 11 is 0. The first-order valence-corrected chi connectivity index (χ1v) is 12.0. The minimum Gasteiger partial charge on any atom is -0.444 e. The number of nitrogens with two attached hydrogens (primary N) is 1. The van der Waals surface area contributed by atoms with Gasteiger partial charge in [0.25, 0.3) is 0 Å². The number of carbonyl (C=O) groups excluding carboxylic acids is 4. The molecule has 9 nitrogen and oxygen atoms in total. The van der Waals surface area contributed by atoms with Crippen LogP contribution in [0.1, 0.15) is 84.9 Å². The van der Waals surface area contributed by atoms with Gasteiger partial charge in [0.1, 0.15) is 17.7 Å². The van der Waals surface area contributed by atoms with Crippen LogP contribution >= 0.6 is 0 Å². The van der Waals surface area contributed by atoms with Gasteiger partial charge < -0.3 is 26.0 Å². The van der Waals surface area contributed by atoms with E-state index in [1.807, 2.05) is 26.0 Å². The van der Waals surface area contributed by atoms with Gasteiger partial charge in [-0.1, -0.05) is 43.2 Å². The fraction of sp³-hybridized carbons (Fsp3) is 0.615. The first kappa shape index (κ1) is 29.9. The van der Waals surface area contributed by atoms with Gasteiger partial charge >= 0.3 is 6.09 Å². The Bertz CT molecular complexity index is 884. The molecule has 1 rings (SSSR count). The number of hydrogen-bond donors (Lipinski definition) is 3. The average molecular weight is 491 g/mol. The van der Waals surface area contributed by atoms with Crippen LogP contribution in [0.15, 0.2) is 24.3 Å². The second-order valence-electron chi connectivity index (χ2n) is 10.7. The van der Waals surface area contributed by atoms with Crippen LogP contribution in [-0.2, 0) is 19.1 Å². The highest BCUT2D eigenvalue weighted by molar-refractivity contribution is 5.95. The van der Waals surface area contributed by atoms with Crippen molar-refractivity contribution in [3.8, 4) is 0 Å². The zero-order valence-electron chi connectivity index (χ0n) is 22.4. The lowest BCUT2D eigenvalue weighted by atomic mass is 9.94. The van der Waals surface area contributed by atoms with E-state index in [0.717, 1.165) is 18.4 Å². The standard InChI is InChI=1S/C26H42N4O5/c1-9-10-15-28-22(32)21(18-13-11-17(2)12-14-18)30(25(3,4)5)23(33)19(16-20(27)31)29-24(34)35-26(6,7)8/h11-14,19,21H,9-10,15-16H2,1-8H3,(H2,27,31)(H,28,32)(H,29,34). The van der Waals surface area contributed by atoms with Gasteiger partial charge in [-0.15, -0.1) is 0 Å². The highest BCUT2D eigenvalue weighted by Crippen LogP contribution is 2.30. The molecule has 0 fully saturated rings. The summed E-state index contributed by atoms with van der Waals surface area (Å²) in [5.74, 6) is -1.73. The number of hydrogen-bond acceptors (Lipinski definition) is 5. The highest BCUT2D eigenvalue weighted by Gasteiger charge is 2.42. The van der Waals surface area contributed by atoms with Crippen molar-refractivity contribution in [3.63, 3.8) is 0 Å². The van der Waals surface area contributed by atoms with E-state index in [0.29, 0.717) is 12.1 Å². The van der Waals surface area contributed by atoms with Crippen molar-refractivity contribution >= 4 is 23.8 Å². The predicted molar refractivity (Wildman–Crippen MR) is 135 cm³/mol. The number of amides is 4. The van der Waals surface area contributed by atoms with E-state index in [4.69, 9.17) is 10.5 Å². The lowest BCUT2D eigenvalue weighted by molar-refractivity contribution is -0.149. The zero-order valence-corrected chi connectivity index (χ0v) is 22.4. The van der Waals surface area contributed by atoms with Crippen LogP contribution in [0, 0.1) is 6.92 Å². The number of benzene rings is 1. The number of unbranched alkanes of at least 4 members (excludes halogenated alkanes) is 1. The Hall–Kier alpha value is -3.10. The molecule has 0 bridgehead atoms. The second kappa shape index (κ2) is 12.6. The van der Waals surface area contributed by atoms with E-state index in [2.05, 4.69) is 10.6 Å². The molecule has 2 atom stereocenters. The largest absolute Gasteiger partial charge is 0.444 e. The van der Waals surface area contributed by atoms with Gasteiger partial charge in [0.2, 0.25) is 17.7 Å². The van der Waals surface area contributed by atoms with Crippen LogP contribution in [0.5, 0.6) is 0 Å². The number of ether oxygens (including phenoxy) is 1. The molecular formula is C26H42N4O5. The van der Waals surface area contributed by atoms with Crippen molar-refractivity contribution < 1.29 is 23.9 Å². The van der Waals surface area contributed by atoms with Crippen LogP contribution < -0.4 is 16.4 Å². The van der Waals surface area contributed by atoms with E-state index in [-0.39, 0.29) is 5.91 Å². The maximum absolute atomic E-state index is 13.9. The van der Waals surface area contributed by atoms with E-state index in [1.165, 1.54) is 4.90 Å². The molecule has 2 unspecified atom stereocenters. The summed E-state index contributed by atoms with van der Waals surface area (Å²) in [5.41, 5.74) is 5.37. The molecule has 4 N–H and O–H groups in total. The van der Waals surface area contributed by atoms with Crippen LogP contribution in [0.3, 0.4) is 0 Å². The van der Waals surface area contributed by atoms with Crippen LogP contribution in [0.25, 0.3) is 0 Å². The van der Waals surface area contributed by atoms with E-state index in [1.54, 1.807) is 53.7 Å². The molecule has 0 radical (unpaired) electrons. The molecular weight excluding hydrogens is 448 g/mol. The molecule has 0 aliphatic carbocycles. The highest BCUT2D eigenvalue weighted by atomic mass is 16.6.